The molecule has 1 heterocycles. The van der Waals surface area contributed by atoms with Crippen molar-refractivity contribution in [2.45, 2.75) is 39.3 Å². The van der Waals surface area contributed by atoms with Gasteiger partial charge < -0.3 is 14.7 Å². The van der Waals surface area contributed by atoms with Crippen molar-refractivity contribution < 1.29 is 19.4 Å². The topological polar surface area (TPSA) is 66.8 Å². The van der Waals surface area contributed by atoms with Gasteiger partial charge in [0.2, 0.25) is 0 Å². The second-order valence-electron chi connectivity index (χ2n) is 6.05. The fourth-order valence-electron chi connectivity index (χ4n) is 2.22. The number of benzene rings is 1. The molecule has 0 bridgehead atoms. The average molecular weight is 356 g/mol. The van der Waals surface area contributed by atoms with Crippen molar-refractivity contribution in [3.05, 3.63) is 33.3 Å². The van der Waals surface area contributed by atoms with Crippen molar-refractivity contribution in [1.82, 2.24) is 4.90 Å². The first-order valence-electron chi connectivity index (χ1n) is 6.70. The van der Waals surface area contributed by atoms with Gasteiger partial charge in [-0.25, -0.2) is 9.59 Å². The predicted molar refractivity (Wildman–Crippen MR) is 81.4 cm³/mol. The average Bonchev–Trinajstić information content (AvgIpc) is 2.36. The minimum Gasteiger partial charge on any atom is -0.478 e. The Bertz CT molecular complexity index is 592. The van der Waals surface area contributed by atoms with Crippen LogP contribution in [0.4, 0.5) is 4.79 Å². The molecule has 0 unspecified atom stereocenters. The molecule has 0 saturated heterocycles. The van der Waals surface area contributed by atoms with Gasteiger partial charge in [0.15, 0.2) is 0 Å². The molecule has 0 spiro atoms. The molecule has 0 saturated carbocycles. The molecule has 0 radical (unpaired) electrons. The molecule has 1 aliphatic heterocycles. The SMILES string of the molecule is CC(C)(C)OC(=O)N1CCc2cc(C(=O)O)cc(Br)c2C1. The van der Waals surface area contributed by atoms with E-state index in [-0.39, 0.29) is 11.7 Å². The van der Waals surface area contributed by atoms with Gasteiger partial charge in [-0.3, -0.25) is 0 Å². The van der Waals surface area contributed by atoms with E-state index in [9.17, 15) is 9.59 Å². The number of hydrogen-bond donors (Lipinski definition) is 1. The molecule has 2 rings (SSSR count). The first-order chi connectivity index (χ1) is 9.67. The van der Waals surface area contributed by atoms with Gasteiger partial charge in [-0.05, 0) is 50.5 Å². The number of fused-ring (bicyclic) bond motifs is 1. The van der Waals surface area contributed by atoms with Gasteiger partial charge in [0, 0.05) is 11.0 Å². The van der Waals surface area contributed by atoms with Crippen LogP contribution in [0.5, 0.6) is 0 Å². The lowest BCUT2D eigenvalue weighted by atomic mass is 9.97. The highest BCUT2D eigenvalue weighted by molar-refractivity contribution is 9.10. The summed E-state index contributed by atoms with van der Waals surface area (Å²) in [5.41, 5.74) is 1.63. The van der Waals surface area contributed by atoms with Crippen LogP contribution in [-0.2, 0) is 17.7 Å². The smallest absolute Gasteiger partial charge is 0.410 e. The van der Waals surface area contributed by atoms with Gasteiger partial charge >= 0.3 is 12.1 Å². The summed E-state index contributed by atoms with van der Waals surface area (Å²) in [4.78, 5) is 24.8. The fourth-order valence-corrected chi connectivity index (χ4v) is 2.85. The third kappa shape index (κ3) is 3.75. The van der Waals surface area contributed by atoms with E-state index in [1.54, 1.807) is 17.0 Å². The van der Waals surface area contributed by atoms with Crippen LogP contribution in [0.15, 0.2) is 16.6 Å². The van der Waals surface area contributed by atoms with Crippen molar-refractivity contribution >= 4 is 28.0 Å². The van der Waals surface area contributed by atoms with Gasteiger partial charge in [-0.2, -0.15) is 0 Å². The van der Waals surface area contributed by atoms with Crippen molar-refractivity contribution in [2.24, 2.45) is 0 Å². The minimum atomic E-state index is -0.951. The van der Waals surface area contributed by atoms with Gasteiger partial charge in [0.1, 0.15) is 5.60 Å². The Hall–Kier alpha value is -1.56. The van der Waals surface area contributed by atoms with Gasteiger partial charge in [-0.1, -0.05) is 15.9 Å². The molecule has 0 atom stereocenters. The van der Waals surface area contributed by atoms with Gasteiger partial charge in [-0.15, -0.1) is 0 Å². The highest BCUT2D eigenvalue weighted by Gasteiger charge is 2.27. The van der Waals surface area contributed by atoms with E-state index in [2.05, 4.69) is 15.9 Å². The summed E-state index contributed by atoms with van der Waals surface area (Å²) >= 11 is 3.40. The number of halogens is 1. The molecule has 5 nitrogen and oxygen atoms in total. The number of carbonyl (C=O) groups is 2. The van der Waals surface area contributed by atoms with E-state index >= 15 is 0 Å². The molecule has 0 aliphatic carbocycles. The molecule has 0 aromatic heterocycles. The first kappa shape index (κ1) is 15.8. The molecule has 1 aromatic carbocycles. The molecule has 1 aromatic rings. The van der Waals surface area contributed by atoms with Gasteiger partial charge in [0.25, 0.3) is 0 Å². The highest BCUT2D eigenvalue weighted by atomic mass is 79.9. The monoisotopic (exact) mass is 355 g/mol. The number of carboxylic acid groups (broad SMARTS) is 1. The largest absolute Gasteiger partial charge is 0.478 e. The van der Waals surface area contributed by atoms with E-state index < -0.39 is 11.6 Å². The molecule has 114 valence electrons. The van der Waals surface area contributed by atoms with Crippen LogP contribution >= 0.6 is 15.9 Å². The van der Waals surface area contributed by atoms with Crippen molar-refractivity contribution in [1.29, 1.82) is 0 Å². The van der Waals surface area contributed by atoms with E-state index in [1.165, 1.54) is 0 Å². The zero-order valence-corrected chi connectivity index (χ0v) is 13.9. The number of carboxylic acids is 1. The number of hydrogen-bond acceptors (Lipinski definition) is 3. The molecular formula is C15H18BrNO4. The molecular weight excluding hydrogens is 338 g/mol. The van der Waals surface area contributed by atoms with Crippen molar-refractivity contribution in [2.75, 3.05) is 6.54 Å². The number of carbonyl (C=O) groups excluding carboxylic acids is 1. The summed E-state index contributed by atoms with van der Waals surface area (Å²) in [5.74, 6) is -0.951. The molecule has 6 heteroatoms. The van der Waals surface area contributed by atoms with E-state index in [4.69, 9.17) is 9.84 Å². The number of ether oxygens (including phenoxy) is 1. The summed E-state index contributed by atoms with van der Waals surface area (Å²) < 4.78 is 6.09. The summed E-state index contributed by atoms with van der Waals surface area (Å²) in [6, 6.07) is 3.24. The summed E-state index contributed by atoms with van der Waals surface area (Å²) in [7, 11) is 0. The first-order valence-corrected chi connectivity index (χ1v) is 7.49. The predicted octanol–water partition coefficient (Wildman–Crippen LogP) is 3.44. The van der Waals surface area contributed by atoms with E-state index in [0.717, 1.165) is 11.1 Å². The maximum absolute atomic E-state index is 12.1. The Kier molecular flexibility index (Phi) is 4.27. The highest BCUT2D eigenvalue weighted by Crippen LogP contribution is 2.29. The van der Waals surface area contributed by atoms with Crippen molar-refractivity contribution in [3.8, 4) is 0 Å². The molecule has 1 N–H and O–H groups in total. The van der Waals surface area contributed by atoms with Crippen LogP contribution in [0, 0.1) is 0 Å². The normalized spacial score (nSPS) is 14.6. The molecule has 1 aliphatic rings. The summed E-state index contributed by atoms with van der Waals surface area (Å²) in [6.07, 6.45) is 0.274. The van der Waals surface area contributed by atoms with Crippen LogP contribution < -0.4 is 0 Å². The number of amides is 1. The maximum Gasteiger partial charge on any atom is 0.410 e. The quantitative estimate of drug-likeness (QED) is 0.837. The van der Waals surface area contributed by atoms with E-state index in [0.29, 0.717) is 24.0 Å². The van der Waals surface area contributed by atoms with Crippen molar-refractivity contribution in [3.63, 3.8) is 0 Å². The maximum atomic E-state index is 12.1. The van der Waals surface area contributed by atoms with Gasteiger partial charge in [0.05, 0.1) is 12.1 Å². The van der Waals surface area contributed by atoms with Crippen LogP contribution in [-0.4, -0.2) is 34.2 Å². The zero-order chi connectivity index (χ0) is 15.8. The Morgan fingerprint density at radius 1 is 1.33 bits per heavy atom. The molecule has 0 fully saturated rings. The lowest BCUT2D eigenvalue weighted by molar-refractivity contribution is 0.0223. The number of rotatable bonds is 1. The third-order valence-electron chi connectivity index (χ3n) is 3.19. The Morgan fingerprint density at radius 2 is 2.00 bits per heavy atom. The number of aromatic carboxylic acids is 1. The Labute approximate surface area is 132 Å². The minimum absolute atomic E-state index is 0.256. The van der Waals surface area contributed by atoms with Crippen LogP contribution in [0.1, 0.15) is 42.3 Å². The number of nitrogens with zero attached hydrogens (tertiary/aromatic N) is 1. The zero-order valence-electron chi connectivity index (χ0n) is 12.3. The Morgan fingerprint density at radius 3 is 2.57 bits per heavy atom. The third-order valence-corrected chi connectivity index (χ3v) is 3.89. The molecule has 1 amide bonds. The Balaban J connectivity index is 2.21. The van der Waals surface area contributed by atoms with Crippen LogP contribution in [0.25, 0.3) is 0 Å². The summed E-state index contributed by atoms with van der Waals surface area (Å²) in [5, 5.41) is 9.07. The molecule has 21 heavy (non-hydrogen) atoms. The van der Waals surface area contributed by atoms with E-state index in [1.807, 2.05) is 20.8 Å². The lowest BCUT2D eigenvalue weighted by Crippen LogP contribution is -2.40. The summed E-state index contributed by atoms with van der Waals surface area (Å²) in [6.45, 7) is 6.44. The van der Waals surface area contributed by atoms with Crippen LogP contribution in [0.2, 0.25) is 0 Å². The second kappa shape index (κ2) is 5.67. The standard InChI is InChI=1S/C15H18BrNO4/c1-15(2,3)21-14(20)17-5-4-9-6-10(13(18)19)7-12(16)11(9)8-17/h6-7H,4-5,8H2,1-3H3,(H,18,19). The second-order valence-corrected chi connectivity index (χ2v) is 6.91. The fraction of sp³-hybridized carbons (Fsp3) is 0.467. The lowest BCUT2D eigenvalue weighted by Gasteiger charge is -2.31. The van der Waals surface area contributed by atoms with Crippen LogP contribution in [0.3, 0.4) is 0 Å².